The van der Waals surface area contributed by atoms with Crippen molar-refractivity contribution in [2.24, 2.45) is 0 Å². The zero-order valence-corrected chi connectivity index (χ0v) is 15.2. The number of nitrogens with one attached hydrogen (secondary N) is 2. The molecular weight excluding hydrogens is 362 g/mol. The molecule has 144 valence electrons. The number of aromatic nitrogens is 2. The molecule has 0 spiro atoms. The second-order valence-corrected chi connectivity index (χ2v) is 5.98. The van der Waals surface area contributed by atoms with E-state index in [-0.39, 0.29) is 24.5 Å². The number of amides is 1. The van der Waals surface area contributed by atoms with Crippen molar-refractivity contribution in [3.05, 3.63) is 70.8 Å². The summed E-state index contributed by atoms with van der Waals surface area (Å²) in [6.45, 7) is 1.05. The molecule has 2 aromatic carbocycles. The Morgan fingerprint density at radius 3 is 2.61 bits per heavy atom. The van der Waals surface area contributed by atoms with Crippen LogP contribution in [0.25, 0.3) is 10.9 Å². The van der Waals surface area contributed by atoms with Gasteiger partial charge in [-0.05, 0) is 31.2 Å². The van der Waals surface area contributed by atoms with Gasteiger partial charge in [-0.1, -0.05) is 30.3 Å². The standard InChI is InChI=1S/C20H19N3O5/c1-13(19-22-16-10-6-5-9-15(16)20(26)23-19)28-18(25)11-21-17(24)12-27-14-7-3-2-4-8-14/h2-10,13H,11-12H2,1H3,(H,21,24)(H,22,23,26)/t13-/m0/s1. The lowest BCUT2D eigenvalue weighted by Gasteiger charge is -2.13. The highest BCUT2D eigenvalue weighted by Gasteiger charge is 2.16. The van der Waals surface area contributed by atoms with E-state index in [2.05, 4.69) is 15.3 Å². The zero-order chi connectivity index (χ0) is 19.9. The first kappa shape index (κ1) is 19.1. The van der Waals surface area contributed by atoms with Crippen LogP contribution in [0.1, 0.15) is 18.9 Å². The second-order valence-electron chi connectivity index (χ2n) is 5.98. The Hall–Kier alpha value is -3.68. The highest BCUT2D eigenvalue weighted by molar-refractivity contribution is 5.83. The Morgan fingerprint density at radius 2 is 1.82 bits per heavy atom. The van der Waals surface area contributed by atoms with Crippen molar-refractivity contribution in [1.29, 1.82) is 0 Å². The Morgan fingerprint density at radius 1 is 1.11 bits per heavy atom. The summed E-state index contributed by atoms with van der Waals surface area (Å²) in [7, 11) is 0. The van der Waals surface area contributed by atoms with Crippen LogP contribution in [0.3, 0.4) is 0 Å². The van der Waals surface area contributed by atoms with E-state index >= 15 is 0 Å². The molecule has 0 aliphatic carbocycles. The van der Waals surface area contributed by atoms with Crippen LogP contribution < -0.4 is 15.6 Å². The summed E-state index contributed by atoms with van der Waals surface area (Å²) < 4.78 is 10.5. The van der Waals surface area contributed by atoms with Crippen molar-refractivity contribution in [2.75, 3.05) is 13.2 Å². The van der Waals surface area contributed by atoms with Crippen LogP contribution in [-0.4, -0.2) is 35.0 Å². The lowest BCUT2D eigenvalue weighted by Crippen LogP contribution is -2.34. The van der Waals surface area contributed by atoms with E-state index in [1.165, 1.54) is 0 Å². The third kappa shape index (κ3) is 4.94. The maximum Gasteiger partial charge on any atom is 0.326 e. The molecule has 1 atom stereocenters. The third-order valence-corrected chi connectivity index (χ3v) is 3.87. The normalized spacial score (nSPS) is 11.6. The fourth-order valence-corrected chi connectivity index (χ4v) is 2.48. The monoisotopic (exact) mass is 381 g/mol. The molecule has 3 aromatic rings. The number of rotatable bonds is 7. The van der Waals surface area contributed by atoms with Gasteiger partial charge in [-0.2, -0.15) is 0 Å². The van der Waals surface area contributed by atoms with Crippen molar-refractivity contribution < 1.29 is 19.1 Å². The average molecular weight is 381 g/mol. The molecule has 0 bridgehead atoms. The quantitative estimate of drug-likeness (QED) is 0.603. The Labute approximate surface area is 160 Å². The zero-order valence-electron chi connectivity index (χ0n) is 15.2. The molecular formula is C20H19N3O5. The minimum atomic E-state index is -0.776. The minimum absolute atomic E-state index is 0.216. The number of carbonyl (C=O) groups excluding carboxylic acids is 2. The van der Waals surface area contributed by atoms with Gasteiger partial charge in [0.1, 0.15) is 12.3 Å². The van der Waals surface area contributed by atoms with Crippen LogP contribution in [0.2, 0.25) is 0 Å². The van der Waals surface area contributed by atoms with Crippen molar-refractivity contribution in [3.63, 3.8) is 0 Å². The molecule has 1 heterocycles. The summed E-state index contributed by atoms with van der Waals surface area (Å²) >= 11 is 0. The predicted octanol–water partition coefficient (Wildman–Crippen LogP) is 1.72. The molecule has 2 N–H and O–H groups in total. The predicted molar refractivity (Wildman–Crippen MR) is 102 cm³/mol. The molecule has 0 saturated heterocycles. The molecule has 0 radical (unpaired) electrons. The van der Waals surface area contributed by atoms with Crippen molar-refractivity contribution in [1.82, 2.24) is 15.3 Å². The summed E-state index contributed by atoms with van der Waals surface area (Å²) in [5.74, 6) is -0.321. The maximum atomic E-state index is 12.1. The second kappa shape index (κ2) is 8.81. The molecule has 8 heteroatoms. The number of carbonyl (C=O) groups is 2. The van der Waals surface area contributed by atoms with Gasteiger partial charge in [0.2, 0.25) is 0 Å². The number of benzene rings is 2. The van der Waals surface area contributed by atoms with Gasteiger partial charge >= 0.3 is 5.97 Å². The van der Waals surface area contributed by atoms with E-state index in [4.69, 9.17) is 9.47 Å². The van der Waals surface area contributed by atoms with Gasteiger partial charge in [0.25, 0.3) is 11.5 Å². The molecule has 1 aromatic heterocycles. The number of H-pyrrole nitrogens is 1. The van der Waals surface area contributed by atoms with Crippen molar-refractivity contribution in [3.8, 4) is 5.75 Å². The number of fused-ring (bicyclic) bond motifs is 1. The summed E-state index contributed by atoms with van der Waals surface area (Å²) in [4.78, 5) is 42.7. The van der Waals surface area contributed by atoms with Crippen LogP contribution >= 0.6 is 0 Å². The van der Waals surface area contributed by atoms with E-state index in [1.807, 2.05) is 6.07 Å². The number of ether oxygens (including phenoxy) is 2. The summed E-state index contributed by atoms with van der Waals surface area (Å²) in [5.41, 5.74) is 0.199. The first-order valence-electron chi connectivity index (χ1n) is 8.66. The number of aromatic amines is 1. The van der Waals surface area contributed by atoms with Gasteiger partial charge < -0.3 is 19.8 Å². The van der Waals surface area contributed by atoms with Gasteiger partial charge in [0, 0.05) is 0 Å². The molecule has 0 saturated carbocycles. The van der Waals surface area contributed by atoms with Gasteiger partial charge in [0.05, 0.1) is 10.9 Å². The summed E-state index contributed by atoms with van der Waals surface area (Å²) in [6, 6.07) is 15.7. The van der Waals surface area contributed by atoms with Crippen LogP contribution in [0.4, 0.5) is 0 Å². The van der Waals surface area contributed by atoms with Gasteiger partial charge in [0.15, 0.2) is 18.5 Å². The van der Waals surface area contributed by atoms with Crippen LogP contribution in [-0.2, 0) is 14.3 Å². The highest BCUT2D eigenvalue weighted by Crippen LogP contribution is 2.14. The van der Waals surface area contributed by atoms with E-state index < -0.39 is 18.0 Å². The maximum absolute atomic E-state index is 12.1. The summed E-state index contributed by atoms with van der Waals surface area (Å²) in [6.07, 6.45) is -0.776. The van der Waals surface area contributed by atoms with Crippen molar-refractivity contribution in [2.45, 2.75) is 13.0 Å². The molecule has 1 amide bonds. The largest absolute Gasteiger partial charge is 0.484 e. The fraction of sp³-hybridized carbons (Fsp3) is 0.200. The first-order valence-corrected chi connectivity index (χ1v) is 8.66. The lowest BCUT2D eigenvalue weighted by molar-refractivity contribution is -0.149. The number of hydrogen-bond donors (Lipinski definition) is 2. The first-order chi connectivity index (χ1) is 13.5. The SMILES string of the molecule is C[C@H](OC(=O)CNC(=O)COc1ccccc1)c1nc2ccccc2c(=O)[nH]1. The minimum Gasteiger partial charge on any atom is -0.484 e. The molecule has 0 unspecified atom stereocenters. The number of nitrogens with zero attached hydrogens (tertiary/aromatic N) is 1. The molecule has 0 aliphatic heterocycles. The molecule has 0 aliphatic rings. The van der Waals surface area contributed by atoms with Crippen LogP contribution in [0.5, 0.6) is 5.75 Å². The number of esters is 1. The topological polar surface area (TPSA) is 110 Å². The smallest absolute Gasteiger partial charge is 0.326 e. The highest BCUT2D eigenvalue weighted by atomic mass is 16.5. The van der Waals surface area contributed by atoms with E-state index in [0.717, 1.165) is 0 Å². The number of para-hydroxylation sites is 2. The molecule has 28 heavy (non-hydrogen) atoms. The van der Waals surface area contributed by atoms with Gasteiger partial charge in [-0.15, -0.1) is 0 Å². The third-order valence-electron chi connectivity index (χ3n) is 3.87. The van der Waals surface area contributed by atoms with E-state index in [1.54, 1.807) is 55.5 Å². The summed E-state index contributed by atoms with van der Waals surface area (Å²) in [5, 5.41) is 2.87. The van der Waals surface area contributed by atoms with E-state index in [0.29, 0.717) is 16.7 Å². The Bertz CT molecular complexity index is 1030. The molecule has 3 rings (SSSR count). The van der Waals surface area contributed by atoms with Gasteiger partial charge in [-0.25, -0.2) is 4.98 Å². The molecule has 0 fully saturated rings. The van der Waals surface area contributed by atoms with Crippen LogP contribution in [0, 0.1) is 0 Å². The van der Waals surface area contributed by atoms with Crippen molar-refractivity contribution >= 4 is 22.8 Å². The average Bonchev–Trinajstić information content (AvgIpc) is 2.71. The number of hydrogen-bond acceptors (Lipinski definition) is 6. The Balaban J connectivity index is 1.50. The lowest BCUT2D eigenvalue weighted by atomic mass is 10.2. The fourth-order valence-electron chi connectivity index (χ4n) is 2.48. The Kier molecular flexibility index (Phi) is 6.01. The van der Waals surface area contributed by atoms with E-state index in [9.17, 15) is 14.4 Å². The molecule has 8 nitrogen and oxygen atoms in total. The van der Waals surface area contributed by atoms with Gasteiger partial charge in [-0.3, -0.25) is 14.4 Å². The van der Waals surface area contributed by atoms with Crippen LogP contribution in [0.15, 0.2) is 59.4 Å².